The molecule has 0 fully saturated rings. The van der Waals surface area contributed by atoms with Crippen LogP contribution in [0, 0.1) is 6.92 Å². The molecular formula is C15H17NO3. The molecule has 2 rings (SSSR count). The Bertz CT molecular complexity index is 534. The van der Waals surface area contributed by atoms with Crippen LogP contribution in [0.3, 0.4) is 0 Å². The Balaban J connectivity index is 1.82. The lowest BCUT2D eigenvalue weighted by Gasteiger charge is -2.12. The van der Waals surface area contributed by atoms with Gasteiger partial charge in [-0.05, 0) is 43.7 Å². The van der Waals surface area contributed by atoms with Gasteiger partial charge in [0, 0.05) is 0 Å². The van der Waals surface area contributed by atoms with E-state index in [1.54, 1.807) is 12.3 Å². The highest BCUT2D eigenvalue weighted by Gasteiger charge is 2.11. The van der Waals surface area contributed by atoms with E-state index in [0.717, 1.165) is 11.3 Å². The molecule has 0 aliphatic heterocycles. The molecule has 0 saturated carbocycles. The maximum Gasteiger partial charge on any atom is 0.258 e. The van der Waals surface area contributed by atoms with Crippen molar-refractivity contribution in [2.24, 2.45) is 0 Å². The quantitative estimate of drug-likeness (QED) is 0.898. The summed E-state index contributed by atoms with van der Waals surface area (Å²) in [6, 6.07) is 11.1. The molecule has 1 aromatic heterocycles. The number of amides is 1. The van der Waals surface area contributed by atoms with Gasteiger partial charge >= 0.3 is 0 Å². The topological polar surface area (TPSA) is 51.5 Å². The molecule has 1 unspecified atom stereocenters. The molecule has 1 atom stereocenters. The van der Waals surface area contributed by atoms with E-state index < -0.39 is 0 Å². The first-order valence-electron chi connectivity index (χ1n) is 6.17. The first-order valence-corrected chi connectivity index (χ1v) is 6.17. The van der Waals surface area contributed by atoms with Crippen LogP contribution in [0.2, 0.25) is 0 Å². The first kappa shape index (κ1) is 13.2. The van der Waals surface area contributed by atoms with E-state index in [1.165, 1.54) is 0 Å². The van der Waals surface area contributed by atoms with Crippen molar-refractivity contribution in [3.8, 4) is 5.75 Å². The van der Waals surface area contributed by atoms with Crippen LogP contribution in [-0.4, -0.2) is 12.5 Å². The molecule has 0 saturated heterocycles. The largest absolute Gasteiger partial charge is 0.484 e. The van der Waals surface area contributed by atoms with E-state index in [4.69, 9.17) is 9.15 Å². The molecule has 0 radical (unpaired) electrons. The average molecular weight is 259 g/mol. The molecule has 4 heteroatoms. The summed E-state index contributed by atoms with van der Waals surface area (Å²) in [4.78, 5) is 11.7. The molecule has 0 aliphatic rings. The van der Waals surface area contributed by atoms with Gasteiger partial charge in [0.25, 0.3) is 5.91 Å². The predicted molar refractivity (Wildman–Crippen MR) is 71.9 cm³/mol. The molecule has 4 nitrogen and oxygen atoms in total. The van der Waals surface area contributed by atoms with Crippen LogP contribution in [0.25, 0.3) is 0 Å². The number of benzene rings is 1. The van der Waals surface area contributed by atoms with Gasteiger partial charge in [-0.15, -0.1) is 0 Å². The molecule has 1 amide bonds. The van der Waals surface area contributed by atoms with Crippen LogP contribution in [-0.2, 0) is 4.79 Å². The third kappa shape index (κ3) is 3.88. The second kappa shape index (κ2) is 6.09. The third-order valence-corrected chi connectivity index (χ3v) is 2.71. The van der Waals surface area contributed by atoms with Gasteiger partial charge in [0.05, 0.1) is 12.3 Å². The minimum Gasteiger partial charge on any atom is -0.484 e. The summed E-state index contributed by atoms with van der Waals surface area (Å²) in [5.74, 6) is 1.25. The smallest absolute Gasteiger partial charge is 0.258 e. The van der Waals surface area contributed by atoms with E-state index in [9.17, 15) is 4.79 Å². The standard InChI is InChI=1S/C15H17NO3/c1-11-5-3-6-13(9-11)19-10-15(17)16-12(2)14-7-4-8-18-14/h3-9,12H,10H2,1-2H3,(H,16,17). The average Bonchev–Trinajstić information content (AvgIpc) is 2.90. The number of carbonyl (C=O) groups is 1. The number of ether oxygens (including phenoxy) is 1. The van der Waals surface area contributed by atoms with Crippen molar-refractivity contribution in [1.82, 2.24) is 5.32 Å². The molecule has 19 heavy (non-hydrogen) atoms. The predicted octanol–water partition coefficient (Wildman–Crippen LogP) is 2.84. The summed E-state index contributed by atoms with van der Waals surface area (Å²) in [5, 5.41) is 2.81. The van der Waals surface area contributed by atoms with E-state index in [-0.39, 0.29) is 18.6 Å². The Morgan fingerprint density at radius 2 is 2.21 bits per heavy atom. The van der Waals surface area contributed by atoms with Gasteiger partial charge in [0.2, 0.25) is 0 Å². The number of rotatable bonds is 5. The van der Waals surface area contributed by atoms with E-state index >= 15 is 0 Å². The lowest BCUT2D eigenvalue weighted by Crippen LogP contribution is -2.31. The van der Waals surface area contributed by atoms with Crippen molar-refractivity contribution < 1.29 is 13.9 Å². The number of carbonyl (C=O) groups excluding carboxylic acids is 1. The number of hydrogen-bond donors (Lipinski definition) is 1. The van der Waals surface area contributed by atoms with Gasteiger partial charge in [-0.25, -0.2) is 0 Å². The molecular weight excluding hydrogens is 242 g/mol. The first-order chi connectivity index (χ1) is 9.15. The van der Waals surface area contributed by atoms with Gasteiger partial charge in [-0.1, -0.05) is 12.1 Å². The van der Waals surface area contributed by atoms with Crippen molar-refractivity contribution in [3.63, 3.8) is 0 Å². The second-order valence-electron chi connectivity index (χ2n) is 4.41. The zero-order valence-corrected chi connectivity index (χ0v) is 11.1. The summed E-state index contributed by atoms with van der Waals surface area (Å²) in [5.41, 5.74) is 1.10. The SMILES string of the molecule is Cc1cccc(OCC(=O)NC(C)c2ccco2)c1. The van der Waals surface area contributed by atoms with Crippen molar-refractivity contribution in [3.05, 3.63) is 54.0 Å². The van der Waals surface area contributed by atoms with Crippen molar-refractivity contribution in [2.75, 3.05) is 6.61 Å². The second-order valence-corrected chi connectivity index (χ2v) is 4.41. The van der Waals surface area contributed by atoms with Crippen molar-refractivity contribution in [2.45, 2.75) is 19.9 Å². The third-order valence-electron chi connectivity index (χ3n) is 2.71. The normalized spacial score (nSPS) is 11.9. The Hall–Kier alpha value is -2.23. The minimum absolute atomic E-state index is 0.00545. The molecule has 1 aromatic carbocycles. The van der Waals surface area contributed by atoms with Gasteiger partial charge in [0.15, 0.2) is 6.61 Å². The Kier molecular flexibility index (Phi) is 4.23. The zero-order chi connectivity index (χ0) is 13.7. The monoisotopic (exact) mass is 259 g/mol. The summed E-state index contributed by atoms with van der Waals surface area (Å²) in [6.07, 6.45) is 1.58. The molecule has 1 heterocycles. The van der Waals surface area contributed by atoms with Crippen LogP contribution < -0.4 is 10.1 Å². The highest BCUT2D eigenvalue weighted by Crippen LogP contribution is 2.13. The highest BCUT2D eigenvalue weighted by molar-refractivity contribution is 5.77. The van der Waals surface area contributed by atoms with Crippen molar-refractivity contribution >= 4 is 5.91 Å². The van der Waals surface area contributed by atoms with Crippen LogP contribution >= 0.6 is 0 Å². The Morgan fingerprint density at radius 1 is 1.37 bits per heavy atom. The highest BCUT2D eigenvalue weighted by atomic mass is 16.5. The molecule has 100 valence electrons. The van der Waals surface area contributed by atoms with Gasteiger partial charge < -0.3 is 14.5 Å². The maximum absolute atomic E-state index is 11.7. The number of nitrogens with one attached hydrogen (secondary N) is 1. The van der Waals surface area contributed by atoms with Gasteiger partial charge in [-0.3, -0.25) is 4.79 Å². The van der Waals surface area contributed by atoms with Gasteiger partial charge in [-0.2, -0.15) is 0 Å². The fraction of sp³-hybridized carbons (Fsp3) is 0.267. The van der Waals surface area contributed by atoms with Crippen molar-refractivity contribution in [1.29, 1.82) is 0 Å². The maximum atomic E-state index is 11.7. The lowest BCUT2D eigenvalue weighted by atomic mass is 10.2. The van der Waals surface area contributed by atoms with Crippen LogP contribution in [0.4, 0.5) is 0 Å². The number of aryl methyl sites for hydroxylation is 1. The fourth-order valence-electron chi connectivity index (χ4n) is 1.75. The van der Waals surface area contributed by atoms with E-state index in [1.807, 2.05) is 44.2 Å². The lowest BCUT2D eigenvalue weighted by molar-refractivity contribution is -0.123. The molecule has 0 spiro atoms. The van der Waals surface area contributed by atoms with E-state index in [0.29, 0.717) is 5.75 Å². The molecule has 0 aliphatic carbocycles. The minimum atomic E-state index is -0.176. The Labute approximate surface area is 112 Å². The van der Waals surface area contributed by atoms with E-state index in [2.05, 4.69) is 5.32 Å². The number of hydrogen-bond acceptors (Lipinski definition) is 3. The summed E-state index contributed by atoms with van der Waals surface area (Å²) >= 11 is 0. The summed E-state index contributed by atoms with van der Waals surface area (Å²) < 4.78 is 10.6. The zero-order valence-electron chi connectivity index (χ0n) is 11.1. The summed E-state index contributed by atoms with van der Waals surface area (Å²) in [7, 11) is 0. The Morgan fingerprint density at radius 3 is 2.89 bits per heavy atom. The number of furan rings is 1. The molecule has 2 aromatic rings. The van der Waals surface area contributed by atoms with Crippen LogP contribution in [0.15, 0.2) is 47.1 Å². The molecule has 1 N–H and O–H groups in total. The summed E-state index contributed by atoms with van der Waals surface area (Å²) in [6.45, 7) is 3.84. The van der Waals surface area contributed by atoms with Crippen LogP contribution in [0.5, 0.6) is 5.75 Å². The van der Waals surface area contributed by atoms with Gasteiger partial charge in [0.1, 0.15) is 11.5 Å². The van der Waals surface area contributed by atoms with Crippen LogP contribution in [0.1, 0.15) is 24.3 Å². The fourth-order valence-corrected chi connectivity index (χ4v) is 1.75. The molecule has 0 bridgehead atoms.